The zero-order valence-electron chi connectivity index (χ0n) is 10.1. The van der Waals surface area contributed by atoms with Gasteiger partial charge >= 0.3 is 0 Å². The molecular weight excluding hydrogens is 318 g/mol. The molecule has 0 aliphatic rings. The van der Waals surface area contributed by atoms with Crippen LogP contribution in [-0.2, 0) is 6.54 Å². The van der Waals surface area contributed by atoms with E-state index in [2.05, 4.69) is 26.1 Å². The third-order valence-corrected chi connectivity index (χ3v) is 2.87. The van der Waals surface area contributed by atoms with Crippen LogP contribution in [-0.4, -0.2) is 51.6 Å². The van der Waals surface area contributed by atoms with Gasteiger partial charge in [0.05, 0.1) is 19.8 Å². The quantitative estimate of drug-likeness (QED) is 0.777. The Balaban J connectivity index is 2.03. The predicted octanol–water partition coefficient (Wildman–Crippen LogP) is 0.879. The van der Waals surface area contributed by atoms with Crippen LogP contribution in [0, 0.1) is 0 Å². The van der Waals surface area contributed by atoms with Crippen LogP contribution in [0.4, 0.5) is 0 Å². The molecule has 0 unspecified atom stereocenters. The first-order chi connectivity index (χ1) is 9.22. The summed E-state index contributed by atoms with van der Waals surface area (Å²) in [5, 5.41) is 25.6. The lowest BCUT2D eigenvalue weighted by Gasteiger charge is -2.17. The Morgan fingerprint density at radius 3 is 2.42 bits per heavy atom. The lowest BCUT2D eigenvalue weighted by molar-refractivity contribution is 0.147. The zero-order valence-corrected chi connectivity index (χ0v) is 11.7. The molecule has 0 aliphatic heterocycles. The number of rotatable bonds is 7. The summed E-state index contributed by atoms with van der Waals surface area (Å²) in [4.78, 5) is 1.81. The van der Waals surface area contributed by atoms with E-state index in [9.17, 15) is 0 Å². The maximum Gasteiger partial charge on any atom is 0.283 e. The van der Waals surface area contributed by atoms with E-state index in [4.69, 9.17) is 19.0 Å². The van der Waals surface area contributed by atoms with Crippen LogP contribution in [0.3, 0.4) is 0 Å². The normalized spacial score (nSPS) is 11.4. The van der Waals surface area contributed by atoms with Crippen molar-refractivity contribution >= 4 is 15.9 Å². The number of hydrogen-bond acceptors (Lipinski definition) is 7. The lowest BCUT2D eigenvalue weighted by atomic mass is 10.4. The molecule has 7 nitrogen and oxygen atoms in total. The van der Waals surface area contributed by atoms with Crippen LogP contribution in [0.5, 0.6) is 0 Å². The first kappa shape index (κ1) is 14.2. The van der Waals surface area contributed by atoms with E-state index < -0.39 is 0 Å². The summed E-state index contributed by atoms with van der Waals surface area (Å²) in [6, 6.07) is 3.46. The van der Waals surface area contributed by atoms with Crippen molar-refractivity contribution in [3.05, 3.63) is 22.7 Å². The maximum absolute atomic E-state index is 8.92. The molecule has 0 atom stereocenters. The highest BCUT2D eigenvalue weighted by atomic mass is 79.9. The van der Waals surface area contributed by atoms with E-state index in [0.29, 0.717) is 41.8 Å². The molecule has 104 valence electrons. The number of nitrogens with zero attached hydrogens (tertiary/aromatic N) is 3. The van der Waals surface area contributed by atoms with Crippen molar-refractivity contribution in [2.75, 3.05) is 26.3 Å². The number of hydrogen-bond donors (Lipinski definition) is 2. The Bertz CT molecular complexity index is 508. The highest BCUT2D eigenvalue weighted by molar-refractivity contribution is 9.10. The Hall–Kier alpha value is -1.22. The number of halogens is 1. The molecule has 0 aliphatic carbocycles. The summed E-state index contributed by atoms with van der Waals surface area (Å²) in [5.74, 6) is 1.19. The van der Waals surface area contributed by atoms with Crippen molar-refractivity contribution in [2.45, 2.75) is 6.54 Å². The van der Waals surface area contributed by atoms with Gasteiger partial charge in [-0.05, 0) is 28.1 Å². The average molecular weight is 332 g/mol. The molecule has 8 heteroatoms. The van der Waals surface area contributed by atoms with Gasteiger partial charge in [0.15, 0.2) is 10.4 Å². The second-order valence-electron chi connectivity index (χ2n) is 3.83. The van der Waals surface area contributed by atoms with Crippen LogP contribution in [0.25, 0.3) is 11.7 Å². The Kier molecular flexibility index (Phi) is 5.08. The van der Waals surface area contributed by atoms with E-state index in [0.717, 1.165) is 0 Å². The SMILES string of the molecule is OCCN(CCO)Cc1nnc(-c2ccc(Br)o2)o1. The van der Waals surface area contributed by atoms with E-state index in [1.807, 2.05) is 4.90 Å². The summed E-state index contributed by atoms with van der Waals surface area (Å²) in [6.07, 6.45) is 0. The molecule has 0 spiro atoms. The maximum atomic E-state index is 8.92. The van der Waals surface area contributed by atoms with E-state index >= 15 is 0 Å². The topological polar surface area (TPSA) is 95.8 Å². The van der Waals surface area contributed by atoms with Crippen LogP contribution in [0.1, 0.15) is 5.89 Å². The minimum absolute atomic E-state index is 0.00608. The monoisotopic (exact) mass is 331 g/mol. The van der Waals surface area contributed by atoms with Crippen LogP contribution in [0.15, 0.2) is 25.6 Å². The van der Waals surface area contributed by atoms with Crippen molar-refractivity contribution in [1.82, 2.24) is 15.1 Å². The second-order valence-corrected chi connectivity index (χ2v) is 4.61. The predicted molar refractivity (Wildman–Crippen MR) is 69.1 cm³/mol. The molecule has 0 aromatic carbocycles. The number of aliphatic hydroxyl groups excluding tert-OH is 2. The Morgan fingerprint density at radius 1 is 1.11 bits per heavy atom. The van der Waals surface area contributed by atoms with Gasteiger partial charge < -0.3 is 19.0 Å². The van der Waals surface area contributed by atoms with Gasteiger partial charge in [-0.1, -0.05) is 0 Å². The molecule has 0 saturated heterocycles. The minimum Gasteiger partial charge on any atom is -0.444 e. The van der Waals surface area contributed by atoms with Gasteiger partial charge in [0.1, 0.15) is 0 Å². The third-order valence-electron chi connectivity index (χ3n) is 2.44. The summed E-state index contributed by atoms with van der Waals surface area (Å²) < 4.78 is 11.4. The average Bonchev–Trinajstić information content (AvgIpc) is 2.99. The summed E-state index contributed by atoms with van der Waals surface area (Å²) in [7, 11) is 0. The molecule has 0 radical (unpaired) electrons. The molecular formula is C11H14BrN3O4. The molecule has 19 heavy (non-hydrogen) atoms. The first-order valence-corrected chi connectivity index (χ1v) is 6.54. The zero-order chi connectivity index (χ0) is 13.7. The molecule has 0 bridgehead atoms. The largest absolute Gasteiger partial charge is 0.444 e. The van der Waals surface area contributed by atoms with Gasteiger partial charge in [-0.3, -0.25) is 4.90 Å². The standard InChI is InChI=1S/C11H14BrN3O4/c12-9-2-1-8(18-9)11-14-13-10(19-11)7-15(3-5-16)4-6-17/h1-2,16-17H,3-7H2. The van der Waals surface area contributed by atoms with Gasteiger partial charge in [-0.25, -0.2) is 0 Å². The van der Waals surface area contributed by atoms with E-state index in [1.165, 1.54) is 0 Å². The van der Waals surface area contributed by atoms with Crippen LogP contribution < -0.4 is 0 Å². The molecule has 2 aromatic rings. The van der Waals surface area contributed by atoms with Crippen molar-refractivity contribution in [2.24, 2.45) is 0 Å². The van der Waals surface area contributed by atoms with Crippen molar-refractivity contribution in [3.63, 3.8) is 0 Å². The van der Waals surface area contributed by atoms with Gasteiger partial charge in [0.2, 0.25) is 5.89 Å². The van der Waals surface area contributed by atoms with Crippen LogP contribution >= 0.6 is 15.9 Å². The number of aliphatic hydroxyl groups is 2. The molecule has 2 aromatic heterocycles. The van der Waals surface area contributed by atoms with Crippen molar-refractivity contribution in [1.29, 1.82) is 0 Å². The Labute approximate surface area is 118 Å². The minimum atomic E-state index is 0.00608. The Morgan fingerprint density at radius 2 is 1.84 bits per heavy atom. The van der Waals surface area contributed by atoms with Gasteiger partial charge in [0, 0.05) is 13.1 Å². The number of aromatic nitrogens is 2. The van der Waals surface area contributed by atoms with Gasteiger partial charge in [-0.2, -0.15) is 0 Å². The van der Waals surface area contributed by atoms with Crippen LogP contribution in [0.2, 0.25) is 0 Å². The fourth-order valence-electron chi connectivity index (χ4n) is 1.59. The van der Waals surface area contributed by atoms with Gasteiger partial charge in [0.25, 0.3) is 5.89 Å². The summed E-state index contributed by atoms with van der Waals surface area (Å²) in [6.45, 7) is 1.25. The van der Waals surface area contributed by atoms with Gasteiger partial charge in [-0.15, -0.1) is 10.2 Å². The molecule has 0 amide bonds. The fraction of sp³-hybridized carbons (Fsp3) is 0.455. The third kappa shape index (κ3) is 3.87. The first-order valence-electron chi connectivity index (χ1n) is 5.75. The van der Waals surface area contributed by atoms with Crippen molar-refractivity contribution in [3.8, 4) is 11.7 Å². The highest BCUT2D eigenvalue weighted by Gasteiger charge is 2.14. The molecule has 0 fully saturated rings. The molecule has 0 saturated carbocycles. The molecule has 2 N–H and O–H groups in total. The molecule has 2 rings (SSSR count). The van der Waals surface area contributed by atoms with Crippen molar-refractivity contribution < 1.29 is 19.0 Å². The fourth-order valence-corrected chi connectivity index (χ4v) is 1.90. The summed E-state index contributed by atoms with van der Waals surface area (Å²) >= 11 is 3.20. The summed E-state index contributed by atoms with van der Waals surface area (Å²) in [5.41, 5.74) is 0. The number of furan rings is 1. The second kappa shape index (κ2) is 6.80. The molecule has 2 heterocycles. The smallest absolute Gasteiger partial charge is 0.283 e. The lowest BCUT2D eigenvalue weighted by Crippen LogP contribution is -2.29. The van der Waals surface area contributed by atoms with E-state index in [1.54, 1.807) is 12.1 Å². The van der Waals surface area contributed by atoms with E-state index in [-0.39, 0.29) is 13.2 Å². The highest BCUT2D eigenvalue weighted by Crippen LogP contribution is 2.23.